The van der Waals surface area contributed by atoms with E-state index in [1.807, 2.05) is 13.8 Å². The Morgan fingerprint density at radius 3 is 1.44 bits per heavy atom. The fourth-order valence-electron chi connectivity index (χ4n) is 7.43. The maximum atomic E-state index is 13.5. The highest BCUT2D eigenvalue weighted by molar-refractivity contribution is 5.97. The normalized spacial score (nSPS) is 23.3. The summed E-state index contributed by atoms with van der Waals surface area (Å²) in [6, 6.07) is 0. The largest absolute Gasteiger partial charge is 0.493 e. The van der Waals surface area contributed by atoms with E-state index < -0.39 is 18.3 Å². The van der Waals surface area contributed by atoms with Gasteiger partial charge in [0.15, 0.2) is 23.1 Å². The Kier molecular flexibility index (Phi) is 22.9. The smallest absolute Gasteiger partial charge is 0.407 e. The van der Waals surface area contributed by atoms with Gasteiger partial charge in [-0.05, 0) is 113 Å². The van der Waals surface area contributed by atoms with Gasteiger partial charge in [-0.25, -0.2) is 4.79 Å². The average molecular weight is 818 g/mol. The predicted octanol–water partition coefficient (Wildman–Crippen LogP) is 11.7. The van der Waals surface area contributed by atoms with Crippen molar-refractivity contribution in [2.75, 3.05) is 20.8 Å². The molecule has 2 aliphatic carbocycles. The molecule has 9 nitrogen and oxygen atoms in total. The topological polar surface area (TPSA) is 117 Å². The molecule has 2 aliphatic rings. The van der Waals surface area contributed by atoms with Crippen molar-refractivity contribution in [1.29, 1.82) is 0 Å². The molecule has 9 heteroatoms. The third-order valence-electron chi connectivity index (χ3n) is 11.5. The molecular weight excluding hydrogens is 743 g/mol. The molecule has 0 saturated heterocycles. The lowest BCUT2D eigenvalue weighted by Gasteiger charge is -2.33. The number of Topliss-reactive ketones (excluding diaryl/α,β-unsaturated/α-hetero) is 2. The Hall–Kier alpha value is -4.40. The quantitative estimate of drug-likeness (QED) is 0.0800. The molecule has 0 saturated carbocycles. The highest BCUT2D eigenvalue weighted by Gasteiger charge is 2.40. The van der Waals surface area contributed by atoms with Crippen LogP contribution in [-0.2, 0) is 33.3 Å². The molecule has 0 aromatic carbocycles. The van der Waals surface area contributed by atoms with Crippen LogP contribution in [0.3, 0.4) is 0 Å². The number of ether oxygens (including phenoxy) is 4. The molecule has 6 unspecified atom stereocenters. The lowest BCUT2D eigenvalue weighted by atomic mass is 9.78. The van der Waals surface area contributed by atoms with Crippen LogP contribution < -0.4 is 5.32 Å². The van der Waals surface area contributed by atoms with Gasteiger partial charge in [0.05, 0.1) is 13.7 Å². The van der Waals surface area contributed by atoms with E-state index >= 15 is 0 Å². The van der Waals surface area contributed by atoms with E-state index in [9.17, 15) is 19.2 Å². The molecular formula is C50H75NO8. The van der Waals surface area contributed by atoms with Crippen molar-refractivity contribution in [3.05, 3.63) is 93.6 Å². The van der Waals surface area contributed by atoms with E-state index in [0.717, 1.165) is 51.4 Å². The van der Waals surface area contributed by atoms with E-state index in [2.05, 4.69) is 90.2 Å². The summed E-state index contributed by atoms with van der Waals surface area (Å²) in [6.45, 7) is 20.4. The van der Waals surface area contributed by atoms with Gasteiger partial charge in [-0.2, -0.15) is 0 Å². The number of allylic oxidation sites excluding steroid dienone is 13. The van der Waals surface area contributed by atoms with Crippen molar-refractivity contribution in [1.82, 2.24) is 5.32 Å². The van der Waals surface area contributed by atoms with Gasteiger partial charge in [0, 0.05) is 56.2 Å². The first-order valence-electron chi connectivity index (χ1n) is 21.6. The predicted molar refractivity (Wildman–Crippen MR) is 238 cm³/mol. The Bertz CT molecular complexity index is 1680. The van der Waals surface area contributed by atoms with Gasteiger partial charge in [0.2, 0.25) is 0 Å². The summed E-state index contributed by atoms with van der Waals surface area (Å²) >= 11 is 0. The van der Waals surface area contributed by atoms with Crippen molar-refractivity contribution in [3.8, 4) is 0 Å². The number of methoxy groups -OCH3 is 1. The van der Waals surface area contributed by atoms with Gasteiger partial charge in [-0.3, -0.25) is 14.4 Å². The third-order valence-corrected chi connectivity index (χ3v) is 11.5. The van der Waals surface area contributed by atoms with Gasteiger partial charge < -0.3 is 24.3 Å². The zero-order valence-electron chi connectivity index (χ0n) is 38.3. The summed E-state index contributed by atoms with van der Waals surface area (Å²) in [5.41, 5.74) is 7.76. The molecule has 59 heavy (non-hydrogen) atoms. The zero-order valence-corrected chi connectivity index (χ0v) is 38.3. The van der Waals surface area contributed by atoms with E-state index in [4.69, 9.17) is 18.9 Å². The molecule has 2 rings (SSSR count). The second-order valence-electron chi connectivity index (χ2n) is 16.9. The summed E-state index contributed by atoms with van der Waals surface area (Å²) in [6.07, 6.45) is 24.9. The number of amides is 1. The maximum absolute atomic E-state index is 13.5. The van der Waals surface area contributed by atoms with Crippen molar-refractivity contribution in [2.24, 2.45) is 23.7 Å². The minimum Gasteiger partial charge on any atom is -0.493 e. The lowest BCUT2D eigenvalue weighted by molar-refractivity contribution is -0.149. The molecule has 1 N–H and O–H groups in total. The SMILES string of the molecule is CNC(=O)OC1C=C(OCCC(C)=CCCC(C)=CCCC(C)=CCC2C(OC(C)=O)C=C(OC)C(=O)C2C)C(=O)C(C)C1CC=C(C)CCC=C(C)CCC=C(C)C. The van der Waals surface area contributed by atoms with Gasteiger partial charge >= 0.3 is 12.1 Å². The summed E-state index contributed by atoms with van der Waals surface area (Å²) in [7, 11) is 3.00. The van der Waals surface area contributed by atoms with Crippen molar-refractivity contribution in [3.63, 3.8) is 0 Å². The van der Waals surface area contributed by atoms with E-state index in [-0.39, 0.29) is 52.7 Å². The third kappa shape index (κ3) is 18.6. The first-order valence-corrected chi connectivity index (χ1v) is 21.6. The fraction of sp³-hybridized carbons (Fsp3) is 0.600. The van der Waals surface area contributed by atoms with Crippen LogP contribution in [0.1, 0.15) is 140 Å². The zero-order chi connectivity index (χ0) is 44.1. The average Bonchev–Trinajstić information content (AvgIpc) is 3.17. The van der Waals surface area contributed by atoms with E-state index in [0.29, 0.717) is 25.9 Å². The second kappa shape index (κ2) is 26.6. The Balaban J connectivity index is 1.88. The number of carbonyl (C=O) groups is 4. The molecule has 1 amide bonds. The second-order valence-corrected chi connectivity index (χ2v) is 16.9. The van der Waals surface area contributed by atoms with Crippen LogP contribution in [0.15, 0.2) is 93.6 Å². The number of alkyl carbamates (subject to hydrolysis) is 1. The summed E-state index contributed by atoms with van der Waals surface area (Å²) in [5, 5.41) is 2.54. The molecule has 328 valence electrons. The van der Waals surface area contributed by atoms with Gasteiger partial charge in [-0.1, -0.05) is 83.7 Å². The molecule has 0 aliphatic heterocycles. The monoisotopic (exact) mass is 818 g/mol. The van der Waals surface area contributed by atoms with Gasteiger partial charge in [0.1, 0.15) is 12.2 Å². The Morgan fingerprint density at radius 2 is 1.00 bits per heavy atom. The first kappa shape index (κ1) is 50.7. The molecule has 0 spiro atoms. The Labute approximate surface area is 356 Å². The van der Waals surface area contributed by atoms with Crippen LogP contribution in [0.4, 0.5) is 4.79 Å². The summed E-state index contributed by atoms with van der Waals surface area (Å²) in [5.74, 6) is -0.936. The van der Waals surface area contributed by atoms with E-state index in [1.165, 1.54) is 54.5 Å². The van der Waals surface area contributed by atoms with Crippen molar-refractivity contribution < 1.29 is 38.1 Å². The number of ketones is 2. The Morgan fingerprint density at radius 1 is 0.593 bits per heavy atom. The van der Waals surface area contributed by atoms with Crippen LogP contribution >= 0.6 is 0 Å². The van der Waals surface area contributed by atoms with Crippen LogP contribution in [0, 0.1) is 23.7 Å². The number of hydrogen-bond donors (Lipinski definition) is 1. The molecule has 0 heterocycles. The standard InChI is InChI=1S/C50H75NO8/c1-33(2)17-13-18-34(3)19-14-22-37(6)26-28-43-40(9)49(54)47(32-45(43)59-50(55)51-11)57-30-29-38(7)24-16-21-35(4)20-15-23-36(5)25-27-42-39(8)48(53)46(56-12)31-44(42)58-41(10)52/h17,19-20,24-26,31-32,39-40,42-45H,13-16,18,21-23,27-30H2,1-12H3,(H,51,55). The highest BCUT2D eigenvalue weighted by Crippen LogP contribution is 2.34. The van der Waals surface area contributed by atoms with Crippen LogP contribution in [0.5, 0.6) is 0 Å². The number of esters is 1. The lowest BCUT2D eigenvalue weighted by Crippen LogP contribution is -2.40. The molecule has 0 aromatic rings. The van der Waals surface area contributed by atoms with Gasteiger partial charge in [-0.15, -0.1) is 0 Å². The van der Waals surface area contributed by atoms with Crippen molar-refractivity contribution >= 4 is 23.6 Å². The summed E-state index contributed by atoms with van der Waals surface area (Å²) in [4.78, 5) is 50.2. The number of hydrogen-bond acceptors (Lipinski definition) is 8. The molecule has 0 radical (unpaired) electrons. The van der Waals surface area contributed by atoms with Crippen LogP contribution in [0.2, 0.25) is 0 Å². The first-order chi connectivity index (χ1) is 28.0. The number of carbonyl (C=O) groups excluding carboxylic acids is 4. The number of rotatable bonds is 23. The molecule has 0 bridgehead atoms. The van der Waals surface area contributed by atoms with Crippen molar-refractivity contribution in [2.45, 2.75) is 152 Å². The van der Waals surface area contributed by atoms with Gasteiger partial charge in [0.25, 0.3) is 0 Å². The minimum absolute atomic E-state index is 0.0529. The number of nitrogens with one attached hydrogen (secondary N) is 1. The highest BCUT2D eigenvalue weighted by atomic mass is 16.6. The van der Waals surface area contributed by atoms with E-state index in [1.54, 1.807) is 12.2 Å². The minimum atomic E-state index is -0.572. The van der Waals surface area contributed by atoms with Crippen LogP contribution in [0.25, 0.3) is 0 Å². The molecule has 0 fully saturated rings. The van der Waals surface area contributed by atoms with Crippen LogP contribution in [-0.4, -0.2) is 56.6 Å². The fourth-order valence-corrected chi connectivity index (χ4v) is 7.43. The maximum Gasteiger partial charge on any atom is 0.407 e. The molecule has 6 atom stereocenters. The summed E-state index contributed by atoms with van der Waals surface area (Å²) < 4.78 is 22.6. The molecule has 0 aromatic heterocycles.